The van der Waals surface area contributed by atoms with Crippen LogP contribution < -0.4 is 4.90 Å². The van der Waals surface area contributed by atoms with Gasteiger partial charge in [0.2, 0.25) is 0 Å². The highest BCUT2D eigenvalue weighted by Crippen LogP contribution is 2.44. The lowest BCUT2D eigenvalue weighted by Gasteiger charge is -2.29. The van der Waals surface area contributed by atoms with Crippen LogP contribution in [0, 0.1) is 18.3 Å². The van der Waals surface area contributed by atoms with Gasteiger partial charge in [-0.1, -0.05) is 36.7 Å². The first kappa shape index (κ1) is 28.4. The zero-order chi connectivity index (χ0) is 26.8. The van der Waals surface area contributed by atoms with Gasteiger partial charge in [0, 0.05) is 30.5 Å². The van der Waals surface area contributed by atoms with Crippen molar-refractivity contribution in [3.63, 3.8) is 0 Å². The third kappa shape index (κ3) is 6.07. The van der Waals surface area contributed by atoms with Gasteiger partial charge >= 0.3 is 0 Å². The van der Waals surface area contributed by atoms with Crippen LogP contribution in [0.2, 0.25) is 5.02 Å². The number of halogens is 6. The molecule has 0 aromatic heterocycles. The third-order valence-corrected chi connectivity index (χ3v) is 5.75. The Morgan fingerprint density at radius 1 is 1.23 bits per heavy atom. The van der Waals surface area contributed by atoms with E-state index in [1.165, 1.54) is 56.3 Å². The number of rotatable bonds is 5. The molecule has 1 saturated heterocycles. The molecule has 0 aliphatic carbocycles. The van der Waals surface area contributed by atoms with Crippen LogP contribution >= 0.6 is 11.6 Å². The first-order valence-electron chi connectivity index (χ1n) is 10.2. The molecule has 2 atom stereocenters. The van der Waals surface area contributed by atoms with Gasteiger partial charge in [0.05, 0.1) is 29.9 Å². The standard InChI is InChI=1S/C21H18B2ClF5N2.C3H4O/c1-12(31-10-20(23,27)21(28,29)11-31)17-15(24)8-9-16(25)18(17)30(3)14-6-4-13(5-7-14)19(2,22)26;1-3-4-2/h4-9H,1,10-11H2,2-3H3;1H,2H3. The molecule has 182 valence electrons. The molecule has 2 aromatic carbocycles. The molecular weight excluding hydrogens is 484 g/mol. The predicted molar refractivity (Wildman–Crippen MR) is 131 cm³/mol. The fourth-order valence-corrected chi connectivity index (χ4v) is 3.71. The zero-order valence-corrected chi connectivity index (χ0v) is 20.1. The molecule has 1 aliphatic heterocycles. The van der Waals surface area contributed by atoms with Crippen LogP contribution in [0.3, 0.4) is 0 Å². The molecule has 3 nitrogen and oxygen atoms in total. The SMILES string of the molecule is C#COC.[B]C(C)(F)c1ccc(N(C)c2c(F)ccc(Cl)c2C(=C)N2CC([B])(F)C(F)(F)C2)cc1. The lowest BCUT2D eigenvalue weighted by atomic mass is 9.79. The maximum absolute atomic E-state index is 14.9. The highest BCUT2D eigenvalue weighted by Gasteiger charge is 2.58. The highest BCUT2D eigenvalue weighted by molar-refractivity contribution is 6.33. The molecule has 3 rings (SSSR count). The average molecular weight is 507 g/mol. The summed E-state index contributed by atoms with van der Waals surface area (Å²) in [7, 11) is 13.5. The predicted octanol–water partition coefficient (Wildman–Crippen LogP) is 5.54. The molecule has 0 spiro atoms. The fraction of sp³-hybridized carbons (Fsp3) is 0.333. The number of nitrogens with zero attached hydrogens (tertiary/aromatic N) is 2. The van der Waals surface area contributed by atoms with Gasteiger partial charge in [-0.15, -0.1) is 0 Å². The number of ether oxygens (including phenoxy) is 1. The molecule has 2 aromatic rings. The first-order valence-corrected chi connectivity index (χ1v) is 10.5. The monoisotopic (exact) mass is 506 g/mol. The van der Waals surface area contributed by atoms with Crippen molar-refractivity contribution < 1.29 is 26.7 Å². The molecule has 1 heterocycles. The Hall–Kier alpha value is -2.79. The van der Waals surface area contributed by atoms with Crippen LogP contribution in [0.5, 0.6) is 0 Å². The minimum Gasteiger partial charge on any atom is -0.450 e. The van der Waals surface area contributed by atoms with E-state index in [1.807, 2.05) is 6.11 Å². The second-order valence-corrected chi connectivity index (χ2v) is 8.53. The lowest BCUT2D eigenvalue weighted by molar-refractivity contribution is -0.0588. The van der Waals surface area contributed by atoms with Crippen LogP contribution in [0.4, 0.5) is 33.3 Å². The van der Waals surface area contributed by atoms with Crippen molar-refractivity contribution in [2.75, 3.05) is 32.1 Å². The lowest BCUT2D eigenvalue weighted by Crippen LogP contribution is -2.43. The maximum Gasteiger partial charge on any atom is 0.291 e. The normalized spacial score (nSPS) is 20.2. The molecule has 1 aliphatic rings. The van der Waals surface area contributed by atoms with Gasteiger partial charge < -0.3 is 14.5 Å². The third-order valence-electron chi connectivity index (χ3n) is 5.44. The quantitative estimate of drug-likeness (QED) is 0.301. The van der Waals surface area contributed by atoms with Gasteiger partial charge in [0.15, 0.2) is 0 Å². The Balaban J connectivity index is 0.00000100. The number of benzene rings is 2. The number of methoxy groups -OCH3 is 1. The smallest absolute Gasteiger partial charge is 0.291 e. The number of anilines is 2. The number of terminal acetylenes is 1. The summed E-state index contributed by atoms with van der Waals surface area (Å²) in [6.45, 7) is 3.07. The summed E-state index contributed by atoms with van der Waals surface area (Å²) in [4.78, 5) is 2.33. The Kier molecular flexibility index (Phi) is 8.49. The Labute approximate surface area is 209 Å². The molecule has 2 unspecified atom stereocenters. The number of hydrogen-bond acceptors (Lipinski definition) is 3. The first-order chi connectivity index (χ1) is 16.1. The molecule has 11 heteroatoms. The van der Waals surface area contributed by atoms with Crippen molar-refractivity contribution in [2.24, 2.45) is 0 Å². The largest absolute Gasteiger partial charge is 0.450 e. The van der Waals surface area contributed by atoms with Gasteiger partial charge in [0.25, 0.3) is 5.92 Å². The summed E-state index contributed by atoms with van der Waals surface area (Å²) in [5, 5.41) is 0.0276. The molecule has 0 bridgehead atoms. The topological polar surface area (TPSA) is 15.7 Å². The van der Waals surface area contributed by atoms with Gasteiger partial charge in [-0.3, -0.25) is 4.39 Å². The Bertz CT molecular complexity index is 1100. The Morgan fingerprint density at radius 2 is 1.77 bits per heavy atom. The van der Waals surface area contributed by atoms with Crippen molar-refractivity contribution >= 4 is 44.4 Å². The van der Waals surface area contributed by atoms with Crippen LogP contribution in [-0.4, -0.2) is 59.3 Å². The fourth-order valence-electron chi connectivity index (χ4n) is 3.45. The number of likely N-dealkylation sites (tertiary alicyclic amines) is 1. The minimum absolute atomic E-state index is 0.0101. The van der Waals surface area contributed by atoms with E-state index in [2.05, 4.69) is 17.7 Å². The van der Waals surface area contributed by atoms with Crippen molar-refractivity contribution in [2.45, 2.75) is 24.0 Å². The molecule has 1 fully saturated rings. The molecule has 35 heavy (non-hydrogen) atoms. The van der Waals surface area contributed by atoms with Crippen LogP contribution in [0.15, 0.2) is 43.0 Å². The summed E-state index contributed by atoms with van der Waals surface area (Å²) < 4.78 is 74.9. The molecule has 0 N–H and O–H groups in total. The number of hydrogen-bond donors (Lipinski definition) is 0. The second-order valence-electron chi connectivity index (χ2n) is 8.13. The van der Waals surface area contributed by atoms with E-state index in [9.17, 15) is 22.0 Å². The Morgan fingerprint density at radius 3 is 2.20 bits per heavy atom. The van der Waals surface area contributed by atoms with Crippen molar-refractivity contribution in [3.05, 3.63) is 64.9 Å². The van der Waals surface area contributed by atoms with Crippen LogP contribution in [-0.2, 0) is 10.3 Å². The zero-order valence-electron chi connectivity index (χ0n) is 19.4. The number of alkyl halides is 4. The van der Waals surface area contributed by atoms with Crippen LogP contribution in [0.1, 0.15) is 18.1 Å². The van der Waals surface area contributed by atoms with Crippen molar-refractivity contribution in [3.8, 4) is 12.5 Å². The van der Waals surface area contributed by atoms with Crippen LogP contribution in [0.25, 0.3) is 5.70 Å². The molecular formula is C24H22B2ClF5N2O. The van der Waals surface area contributed by atoms with Gasteiger partial charge in [-0.05, 0) is 36.8 Å². The van der Waals surface area contributed by atoms with Gasteiger partial charge in [0.1, 0.15) is 33.2 Å². The summed E-state index contributed by atoms with van der Waals surface area (Å²) in [5.41, 5.74) is -4.84. The average Bonchev–Trinajstić information content (AvgIpc) is 3.00. The van der Waals surface area contributed by atoms with E-state index in [1.54, 1.807) is 0 Å². The van der Waals surface area contributed by atoms with E-state index in [4.69, 9.17) is 27.3 Å². The summed E-state index contributed by atoms with van der Waals surface area (Å²) in [5.74, 6) is -4.54. The molecule has 0 amide bonds. The summed E-state index contributed by atoms with van der Waals surface area (Å²) in [6.07, 6.45) is 6.49. The van der Waals surface area contributed by atoms with Gasteiger partial charge in [-0.25, -0.2) is 17.6 Å². The van der Waals surface area contributed by atoms with E-state index in [0.29, 0.717) is 5.69 Å². The summed E-state index contributed by atoms with van der Waals surface area (Å²) in [6, 6.07) is 8.27. The maximum atomic E-state index is 14.9. The molecule has 4 radical (unpaired) electrons. The molecule has 0 saturated carbocycles. The van der Waals surface area contributed by atoms with Crippen molar-refractivity contribution in [1.82, 2.24) is 4.90 Å². The van der Waals surface area contributed by atoms with Gasteiger partial charge in [-0.2, -0.15) is 0 Å². The van der Waals surface area contributed by atoms with E-state index in [-0.39, 0.29) is 27.5 Å². The van der Waals surface area contributed by atoms with E-state index < -0.39 is 36.0 Å². The van der Waals surface area contributed by atoms with Crippen molar-refractivity contribution in [1.29, 1.82) is 0 Å². The highest BCUT2D eigenvalue weighted by atomic mass is 35.5. The summed E-state index contributed by atoms with van der Waals surface area (Å²) >= 11 is 6.27. The van der Waals surface area contributed by atoms with E-state index in [0.717, 1.165) is 11.0 Å². The second kappa shape index (κ2) is 10.4. The minimum atomic E-state index is -3.82. The van der Waals surface area contributed by atoms with E-state index >= 15 is 0 Å².